The third-order valence-electron chi connectivity index (χ3n) is 9.13. The second-order valence-electron chi connectivity index (χ2n) is 11.9. The quantitative estimate of drug-likeness (QED) is 0.172. The number of fused-ring (bicyclic) bond motifs is 3. The molecule has 0 aliphatic carbocycles. The number of nitrogens with zero attached hydrogens (tertiary/aromatic N) is 1. The van der Waals surface area contributed by atoms with E-state index in [1.165, 1.54) is 6.07 Å². The van der Waals surface area contributed by atoms with Crippen LogP contribution in [0.2, 0.25) is 0 Å². The van der Waals surface area contributed by atoms with Crippen molar-refractivity contribution in [1.29, 1.82) is 0 Å². The van der Waals surface area contributed by atoms with E-state index in [0.29, 0.717) is 11.1 Å². The Morgan fingerprint density at radius 3 is 1.45 bits per heavy atom. The number of aromatic nitrogens is 1. The van der Waals surface area contributed by atoms with Crippen LogP contribution in [0.25, 0.3) is 83.1 Å². The molecule has 0 fully saturated rings. The highest BCUT2D eigenvalue weighted by Gasteiger charge is 2.19. The molecule has 0 bridgehead atoms. The van der Waals surface area contributed by atoms with Crippen LogP contribution in [0.4, 0.5) is 0 Å². The summed E-state index contributed by atoms with van der Waals surface area (Å²) < 4.78 is 71.4. The molecule has 0 aliphatic heterocycles. The smallest absolute Gasteiger partial charge is 0.0629 e. The van der Waals surface area contributed by atoms with Crippen molar-refractivity contribution in [3.05, 3.63) is 200 Å². The highest BCUT2D eigenvalue weighted by molar-refractivity contribution is 6.12. The van der Waals surface area contributed by atoms with E-state index in [1.54, 1.807) is 0 Å². The molecule has 1 heteroatoms. The molecule has 1 aromatic heterocycles. The number of hydrogen-bond acceptors (Lipinski definition) is 0. The van der Waals surface area contributed by atoms with E-state index >= 15 is 0 Å². The maximum absolute atomic E-state index is 9.24. The summed E-state index contributed by atoms with van der Waals surface area (Å²) in [6.07, 6.45) is 0. The Bertz CT molecular complexity index is 2920. The standard InChI is InChI=1S/C48H33N/c1-4-16-34(17-5-1)37-28-30-47-44(32-37)45-33-38(35-18-6-2-7-19-35)29-31-48(45)49(47)46-27-15-14-26-43(46)42-25-13-12-24-41(42)40-23-11-10-22-39(40)36-20-8-3-9-21-36/h1-33H/i3D,8D,9D,10D,11D,20D,21D,23D. The zero-order valence-electron chi connectivity index (χ0n) is 34.4. The molecule has 0 N–H and O–H groups in total. The van der Waals surface area contributed by atoms with Crippen LogP contribution in [0.1, 0.15) is 11.0 Å². The molecule has 0 radical (unpaired) electrons. The molecule has 0 spiro atoms. The first kappa shape index (κ1) is 21.4. The van der Waals surface area contributed by atoms with Crippen LogP contribution in [0.15, 0.2) is 200 Å². The van der Waals surface area contributed by atoms with Crippen molar-refractivity contribution in [3.63, 3.8) is 0 Å². The van der Waals surface area contributed by atoms with Gasteiger partial charge in [-0.15, -0.1) is 0 Å². The summed E-state index contributed by atoms with van der Waals surface area (Å²) >= 11 is 0. The Balaban J connectivity index is 1.33. The van der Waals surface area contributed by atoms with Crippen molar-refractivity contribution in [2.45, 2.75) is 0 Å². The van der Waals surface area contributed by atoms with Crippen LogP contribution < -0.4 is 0 Å². The van der Waals surface area contributed by atoms with Crippen LogP contribution in [0.5, 0.6) is 0 Å². The largest absolute Gasteiger partial charge is 0.309 e. The van der Waals surface area contributed by atoms with Crippen molar-refractivity contribution in [2.75, 3.05) is 0 Å². The summed E-state index contributed by atoms with van der Waals surface area (Å²) in [5.41, 5.74) is 9.55. The minimum Gasteiger partial charge on any atom is -0.309 e. The van der Waals surface area contributed by atoms with Crippen molar-refractivity contribution >= 4 is 21.8 Å². The van der Waals surface area contributed by atoms with Crippen LogP contribution in [0.3, 0.4) is 0 Å². The molecule has 0 saturated heterocycles. The fourth-order valence-corrected chi connectivity index (χ4v) is 6.88. The molecule has 1 nitrogen and oxygen atoms in total. The third kappa shape index (κ3) is 5.13. The number of para-hydroxylation sites is 1. The zero-order valence-corrected chi connectivity index (χ0v) is 26.4. The third-order valence-corrected chi connectivity index (χ3v) is 9.13. The topological polar surface area (TPSA) is 4.93 Å². The van der Waals surface area contributed by atoms with Crippen molar-refractivity contribution in [2.24, 2.45) is 0 Å². The minimum absolute atomic E-state index is 0.119. The Morgan fingerprint density at radius 2 is 0.837 bits per heavy atom. The highest BCUT2D eigenvalue weighted by atomic mass is 15.0. The fraction of sp³-hybridized carbons (Fsp3) is 0. The summed E-state index contributed by atoms with van der Waals surface area (Å²) in [6.45, 7) is 0. The zero-order chi connectivity index (χ0) is 39.5. The fourth-order valence-electron chi connectivity index (χ4n) is 6.88. The van der Waals surface area contributed by atoms with E-state index in [-0.39, 0.29) is 34.8 Å². The molecule has 0 aliphatic rings. The molecule has 0 amide bonds. The van der Waals surface area contributed by atoms with Gasteiger partial charge in [0.05, 0.1) is 27.7 Å². The van der Waals surface area contributed by atoms with E-state index in [1.807, 2.05) is 78.9 Å². The SMILES string of the molecule is [2H]c1cc(-c2c([2H])c([2H])c([2H])c([2H])c2[2H])c(-c2ccccc2-c2ccccc2-n2c3ccc(-c4ccccc4)cc3c3cc(-c4ccccc4)ccc32)c([2H])c1[2H]. The Morgan fingerprint density at radius 1 is 0.327 bits per heavy atom. The molecule has 8 aromatic carbocycles. The summed E-state index contributed by atoms with van der Waals surface area (Å²) in [6, 6.07) is 47.2. The molecule has 49 heavy (non-hydrogen) atoms. The van der Waals surface area contributed by atoms with E-state index in [0.717, 1.165) is 55.3 Å². The van der Waals surface area contributed by atoms with Gasteiger partial charge in [0.2, 0.25) is 0 Å². The Kier molecular flexibility index (Phi) is 5.38. The molecule has 0 unspecified atom stereocenters. The molecule has 230 valence electrons. The molecule has 0 saturated carbocycles. The van der Waals surface area contributed by atoms with Gasteiger partial charge in [0.1, 0.15) is 0 Å². The summed E-state index contributed by atoms with van der Waals surface area (Å²) in [5, 5.41) is 2.16. The first-order chi connectivity index (χ1) is 27.6. The molecular formula is C48H33N. The maximum atomic E-state index is 9.24. The lowest BCUT2D eigenvalue weighted by Crippen LogP contribution is -1.98. The average molecular weight is 632 g/mol. The monoisotopic (exact) mass is 631 g/mol. The van der Waals surface area contributed by atoms with Crippen LogP contribution in [0, 0.1) is 0 Å². The Hall–Kier alpha value is -6.44. The van der Waals surface area contributed by atoms with Crippen molar-refractivity contribution in [3.8, 4) is 61.3 Å². The number of benzene rings is 8. The lowest BCUT2D eigenvalue weighted by atomic mass is 9.89. The predicted molar refractivity (Wildman–Crippen MR) is 208 cm³/mol. The van der Waals surface area contributed by atoms with E-state index in [9.17, 15) is 1.37 Å². The second kappa shape index (κ2) is 12.3. The molecular weight excluding hydrogens is 591 g/mol. The van der Waals surface area contributed by atoms with E-state index in [2.05, 4.69) is 71.3 Å². The first-order valence-corrected chi connectivity index (χ1v) is 16.2. The van der Waals surface area contributed by atoms with Gasteiger partial charge in [0.15, 0.2) is 0 Å². The minimum atomic E-state index is -0.531. The van der Waals surface area contributed by atoms with E-state index < -0.39 is 30.2 Å². The predicted octanol–water partition coefficient (Wildman–Crippen LogP) is 13.1. The summed E-state index contributed by atoms with van der Waals surface area (Å²) in [7, 11) is 0. The summed E-state index contributed by atoms with van der Waals surface area (Å²) in [5.74, 6) is 0. The first-order valence-electron chi connectivity index (χ1n) is 20.2. The van der Waals surface area contributed by atoms with Gasteiger partial charge in [-0.1, -0.05) is 170 Å². The van der Waals surface area contributed by atoms with Crippen LogP contribution >= 0.6 is 0 Å². The number of rotatable bonds is 6. The molecule has 9 rings (SSSR count). The van der Waals surface area contributed by atoms with Gasteiger partial charge in [-0.05, 0) is 80.4 Å². The van der Waals surface area contributed by atoms with Gasteiger partial charge in [0, 0.05) is 16.3 Å². The maximum Gasteiger partial charge on any atom is 0.0629 e. The molecule has 9 aromatic rings. The highest BCUT2D eigenvalue weighted by Crippen LogP contribution is 2.43. The van der Waals surface area contributed by atoms with Gasteiger partial charge < -0.3 is 4.57 Å². The van der Waals surface area contributed by atoms with Gasteiger partial charge in [-0.2, -0.15) is 0 Å². The molecule has 0 atom stereocenters. The van der Waals surface area contributed by atoms with Gasteiger partial charge in [-0.25, -0.2) is 0 Å². The lowest BCUT2D eigenvalue weighted by Gasteiger charge is -2.18. The summed E-state index contributed by atoms with van der Waals surface area (Å²) in [4.78, 5) is 0. The van der Waals surface area contributed by atoms with Crippen molar-refractivity contribution in [1.82, 2.24) is 4.57 Å². The van der Waals surface area contributed by atoms with Crippen LogP contribution in [-0.4, -0.2) is 4.57 Å². The van der Waals surface area contributed by atoms with E-state index in [4.69, 9.17) is 9.60 Å². The van der Waals surface area contributed by atoms with Gasteiger partial charge in [0.25, 0.3) is 0 Å². The Labute approximate surface area is 298 Å². The van der Waals surface area contributed by atoms with Gasteiger partial charge >= 0.3 is 0 Å². The number of hydrogen-bond donors (Lipinski definition) is 0. The van der Waals surface area contributed by atoms with Gasteiger partial charge in [-0.3, -0.25) is 0 Å². The average Bonchev–Trinajstić information content (AvgIpc) is 3.58. The normalized spacial score (nSPS) is 13.6. The lowest BCUT2D eigenvalue weighted by molar-refractivity contribution is 1.18. The second-order valence-corrected chi connectivity index (χ2v) is 11.9. The van der Waals surface area contributed by atoms with Crippen LogP contribution in [-0.2, 0) is 0 Å². The molecule has 1 heterocycles. The van der Waals surface area contributed by atoms with Crippen molar-refractivity contribution < 1.29 is 11.0 Å².